The van der Waals surface area contributed by atoms with Crippen LogP contribution in [0.3, 0.4) is 0 Å². The van der Waals surface area contributed by atoms with Crippen molar-refractivity contribution in [1.82, 2.24) is 25.5 Å². The van der Waals surface area contributed by atoms with Crippen molar-refractivity contribution in [3.63, 3.8) is 0 Å². The van der Waals surface area contributed by atoms with Gasteiger partial charge in [0.05, 0.1) is 19.7 Å². The number of nitrogens with zero attached hydrogens (tertiary/aromatic N) is 4. The third-order valence-electron chi connectivity index (χ3n) is 2.74. The summed E-state index contributed by atoms with van der Waals surface area (Å²) in [7, 11) is 1.69. The van der Waals surface area contributed by atoms with E-state index in [-0.39, 0.29) is 0 Å². The van der Waals surface area contributed by atoms with Crippen molar-refractivity contribution in [2.75, 3.05) is 20.3 Å². The summed E-state index contributed by atoms with van der Waals surface area (Å²) >= 11 is 1.81. The summed E-state index contributed by atoms with van der Waals surface area (Å²) in [6.07, 6.45) is 1.08. The van der Waals surface area contributed by atoms with Crippen LogP contribution in [0.4, 0.5) is 0 Å². The lowest BCUT2D eigenvalue weighted by Crippen LogP contribution is -2.21. The highest BCUT2D eigenvalue weighted by Gasteiger charge is 2.07. The molecule has 0 bridgehead atoms. The highest BCUT2D eigenvalue weighted by atomic mass is 32.1. The summed E-state index contributed by atoms with van der Waals surface area (Å²) in [6, 6.07) is 4.31. The van der Waals surface area contributed by atoms with Gasteiger partial charge in [-0.1, -0.05) is 6.92 Å². The van der Waals surface area contributed by atoms with Crippen molar-refractivity contribution in [1.29, 1.82) is 0 Å². The van der Waals surface area contributed by atoms with E-state index in [0.717, 1.165) is 25.3 Å². The molecular weight excluding hydrogens is 262 g/mol. The maximum absolute atomic E-state index is 4.98. The van der Waals surface area contributed by atoms with Gasteiger partial charge in [-0.05, 0) is 29.0 Å². The van der Waals surface area contributed by atoms with Crippen LogP contribution in [-0.4, -0.2) is 40.5 Å². The topological polar surface area (TPSA) is 64.9 Å². The Morgan fingerprint density at radius 3 is 2.95 bits per heavy atom. The van der Waals surface area contributed by atoms with Gasteiger partial charge in [-0.2, -0.15) is 0 Å². The summed E-state index contributed by atoms with van der Waals surface area (Å²) in [4.78, 5) is 2.67. The number of thiophene rings is 1. The minimum Gasteiger partial charge on any atom is -0.383 e. The molecular formula is C12H19N5OS. The maximum Gasteiger partial charge on any atom is 0.165 e. The van der Waals surface area contributed by atoms with E-state index in [1.54, 1.807) is 7.11 Å². The lowest BCUT2D eigenvalue weighted by Gasteiger charge is -2.04. The molecule has 0 aliphatic rings. The molecule has 2 aromatic heterocycles. The van der Waals surface area contributed by atoms with Crippen molar-refractivity contribution in [3.8, 4) is 0 Å². The van der Waals surface area contributed by atoms with Gasteiger partial charge in [-0.25, -0.2) is 4.68 Å². The average molecular weight is 281 g/mol. The molecule has 0 aliphatic carbocycles. The van der Waals surface area contributed by atoms with Gasteiger partial charge in [0.1, 0.15) is 0 Å². The number of hydrogen-bond acceptors (Lipinski definition) is 6. The molecule has 0 atom stereocenters. The average Bonchev–Trinajstić information content (AvgIpc) is 3.05. The third kappa shape index (κ3) is 4.09. The predicted octanol–water partition coefficient (Wildman–Crippen LogP) is 1.08. The summed E-state index contributed by atoms with van der Waals surface area (Å²) < 4.78 is 6.82. The van der Waals surface area contributed by atoms with Crippen molar-refractivity contribution in [3.05, 3.63) is 27.7 Å². The van der Waals surface area contributed by atoms with Gasteiger partial charge in [0.2, 0.25) is 0 Å². The lowest BCUT2D eigenvalue weighted by atomic mass is 10.3. The number of methoxy groups -OCH3 is 1. The van der Waals surface area contributed by atoms with E-state index < -0.39 is 0 Å². The van der Waals surface area contributed by atoms with Crippen molar-refractivity contribution in [2.24, 2.45) is 0 Å². The van der Waals surface area contributed by atoms with Crippen LogP contribution in [0.15, 0.2) is 12.1 Å². The molecule has 7 heteroatoms. The zero-order valence-electron chi connectivity index (χ0n) is 11.3. The van der Waals surface area contributed by atoms with Gasteiger partial charge >= 0.3 is 0 Å². The van der Waals surface area contributed by atoms with E-state index >= 15 is 0 Å². The first-order valence-electron chi connectivity index (χ1n) is 6.35. The molecule has 19 heavy (non-hydrogen) atoms. The summed E-state index contributed by atoms with van der Waals surface area (Å²) in [5.74, 6) is 0.850. The molecule has 0 spiro atoms. The van der Waals surface area contributed by atoms with Crippen molar-refractivity contribution in [2.45, 2.75) is 26.4 Å². The number of aryl methyl sites for hydroxylation is 1. The molecule has 0 fully saturated rings. The Morgan fingerprint density at radius 2 is 2.21 bits per heavy atom. The first-order chi connectivity index (χ1) is 9.33. The van der Waals surface area contributed by atoms with Gasteiger partial charge < -0.3 is 10.1 Å². The number of nitrogens with one attached hydrogen (secondary N) is 1. The molecule has 2 heterocycles. The molecule has 0 aliphatic heterocycles. The number of hydrogen-bond donors (Lipinski definition) is 1. The Morgan fingerprint density at radius 1 is 1.37 bits per heavy atom. The lowest BCUT2D eigenvalue weighted by molar-refractivity contribution is 0.198. The van der Waals surface area contributed by atoms with Crippen LogP contribution >= 0.6 is 11.3 Å². The number of ether oxygens (including phenoxy) is 1. The summed E-state index contributed by atoms with van der Waals surface area (Å²) in [5.41, 5.74) is 0. The van der Waals surface area contributed by atoms with Gasteiger partial charge in [0.15, 0.2) is 5.82 Å². The van der Waals surface area contributed by atoms with Crippen LogP contribution < -0.4 is 5.32 Å². The van der Waals surface area contributed by atoms with Gasteiger partial charge in [-0.15, -0.1) is 16.4 Å². The molecule has 104 valence electrons. The standard InChI is InChI=1S/C12H19N5OS/c1-3-10-4-5-11(19-10)9-17-12(14-15-16-17)8-13-6-7-18-2/h4-5,13H,3,6-9H2,1-2H3. The maximum atomic E-state index is 4.98. The molecule has 6 nitrogen and oxygen atoms in total. The minimum atomic E-state index is 0.655. The first kappa shape index (κ1) is 14.1. The molecule has 1 N–H and O–H groups in total. The SMILES string of the molecule is CCc1ccc(Cn2nnnc2CNCCOC)s1. The fraction of sp³-hybridized carbons (Fsp3) is 0.583. The second-order valence-corrected chi connectivity index (χ2v) is 5.40. The second-order valence-electron chi connectivity index (χ2n) is 4.14. The predicted molar refractivity (Wildman–Crippen MR) is 74.2 cm³/mol. The molecule has 0 saturated heterocycles. The molecule has 2 rings (SSSR count). The quantitative estimate of drug-likeness (QED) is 0.734. The van der Waals surface area contributed by atoms with Crippen LogP contribution in [0.25, 0.3) is 0 Å². The number of tetrazole rings is 1. The molecule has 0 saturated carbocycles. The fourth-order valence-corrected chi connectivity index (χ4v) is 2.63. The van der Waals surface area contributed by atoms with Gasteiger partial charge in [0.25, 0.3) is 0 Å². The molecule has 0 unspecified atom stereocenters. The van der Waals surface area contributed by atoms with Crippen LogP contribution in [-0.2, 0) is 24.2 Å². The van der Waals surface area contributed by atoms with Gasteiger partial charge in [-0.3, -0.25) is 0 Å². The number of rotatable bonds is 8. The normalized spacial score (nSPS) is 11.1. The Labute approximate surface area is 116 Å². The van der Waals surface area contributed by atoms with Crippen molar-refractivity contribution >= 4 is 11.3 Å². The van der Waals surface area contributed by atoms with Crippen LogP contribution in [0, 0.1) is 0 Å². The molecule has 0 radical (unpaired) electrons. The number of aromatic nitrogens is 4. The molecule has 0 aromatic carbocycles. The zero-order valence-corrected chi connectivity index (χ0v) is 12.1. The van der Waals surface area contributed by atoms with Crippen molar-refractivity contribution < 1.29 is 4.74 Å². The highest BCUT2D eigenvalue weighted by molar-refractivity contribution is 7.11. The first-order valence-corrected chi connectivity index (χ1v) is 7.17. The third-order valence-corrected chi connectivity index (χ3v) is 3.96. The molecule has 0 amide bonds. The Hall–Kier alpha value is -1.31. The monoisotopic (exact) mass is 281 g/mol. The fourth-order valence-electron chi connectivity index (χ4n) is 1.69. The Balaban J connectivity index is 1.91. The largest absolute Gasteiger partial charge is 0.383 e. The minimum absolute atomic E-state index is 0.655. The Kier molecular flexibility index (Phi) is 5.44. The van der Waals surface area contributed by atoms with E-state index in [4.69, 9.17) is 4.74 Å². The summed E-state index contributed by atoms with van der Waals surface area (Å²) in [6.45, 7) is 5.04. The van der Waals surface area contributed by atoms with Crippen LogP contribution in [0.1, 0.15) is 22.5 Å². The second kappa shape index (κ2) is 7.32. The van der Waals surface area contributed by atoms with Crippen LogP contribution in [0.2, 0.25) is 0 Å². The van der Waals surface area contributed by atoms with E-state index in [2.05, 4.69) is 39.9 Å². The van der Waals surface area contributed by atoms with E-state index in [9.17, 15) is 0 Å². The zero-order chi connectivity index (χ0) is 13.5. The van der Waals surface area contributed by atoms with E-state index in [1.807, 2.05) is 16.0 Å². The molecule has 2 aromatic rings. The van der Waals surface area contributed by atoms with E-state index in [0.29, 0.717) is 13.2 Å². The highest BCUT2D eigenvalue weighted by Crippen LogP contribution is 2.17. The Bertz CT molecular complexity index is 496. The van der Waals surface area contributed by atoms with E-state index in [1.165, 1.54) is 9.75 Å². The van der Waals surface area contributed by atoms with Gasteiger partial charge in [0, 0.05) is 23.4 Å². The summed E-state index contributed by atoms with van der Waals surface area (Å²) in [5, 5.41) is 15.1. The van der Waals surface area contributed by atoms with Crippen LogP contribution in [0.5, 0.6) is 0 Å². The smallest absolute Gasteiger partial charge is 0.165 e.